The first-order valence-electron chi connectivity index (χ1n) is 7.57. The van der Waals surface area contributed by atoms with Gasteiger partial charge in [0, 0.05) is 13.1 Å². The van der Waals surface area contributed by atoms with Crippen LogP contribution in [0.15, 0.2) is 0 Å². The van der Waals surface area contributed by atoms with E-state index in [4.69, 9.17) is 4.74 Å². The van der Waals surface area contributed by atoms with Gasteiger partial charge < -0.3 is 20.1 Å². The van der Waals surface area contributed by atoms with Gasteiger partial charge in [-0.25, -0.2) is 0 Å². The molecular weight excluding hydrogens is 292 g/mol. The Morgan fingerprint density at radius 1 is 1.19 bits per heavy atom. The second-order valence-electron chi connectivity index (χ2n) is 5.51. The van der Waals surface area contributed by atoms with Gasteiger partial charge in [-0.15, -0.1) is 11.8 Å². The number of amides is 2. The molecular formula is C14H24N2O4S. The molecule has 0 radical (unpaired) electrons. The fourth-order valence-electron chi connectivity index (χ4n) is 2.66. The number of carbonyl (C=O) groups excluding carboxylic acids is 2. The molecule has 2 fully saturated rings. The molecule has 1 saturated heterocycles. The third-order valence-electron chi connectivity index (χ3n) is 3.90. The second kappa shape index (κ2) is 8.60. The maximum atomic E-state index is 11.9. The summed E-state index contributed by atoms with van der Waals surface area (Å²) in [4.78, 5) is 25.5. The van der Waals surface area contributed by atoms with Crippen LogP contribution in [0.2, 0.25) is 0 Å². The third-order valence-corrected chi connectivity index (χ3v) is 4.82. The lowest BCUT2D eigenvalue weighted by molar-refractivity contribution is -0.132. The number of carbonyl (C=O) groups is 2. The van der Waals surface area contributed by atoms with Gasteiger partial charge in [-0.1, -0.05) is 12.8 Å². The highest BCUT2D eigenvalue weighted by molar-refractivity contribution is 8.00. The fourth-order valence-corrected chi connectivity index (χ4v) is 3.39. The molecule has 7 heteroatoms. The van der Waals surface area contributed by atoms with Crippen molar-refractivity contribution in [1.29, 1.82) is 0 Å². The largest absolute Gasteiger partial charge is 0.391 e. The molecule has 21 heavy (non-hydrogen) atoms. The molecule has 2 N–H and O–H groups in total. The van der Waals surface area contributed by atoms with Crippen LogP contribution in [0.1, 0.15) is 25.7 Å². The minimum atomic E-state index is -0.428. The summed E-state index contributed by atoms with van der Waals surface area (Å²) in [6.07, 6.45) is 3.24. The quantitative estimate of drug-likeness (QED) is 0.746. The first kappa shape index (κ1) is 16.6. The van der Waals surface area contributed by atoms with Gasteiger partial charge in [0.2, 0.25) is 11.8 Å². The van der Waals surface area contributed by atoms with Crippen LogP contribution in [-0.2, 0) is 14.3 Å². The number of hydrogen-bond donors (Lipinski definition) is 2. The normalized spacial score (nSPS) is 26.4. The van der Waals surface area contributed by atoms with Crippen LogP contribution < -0.4 is 5.32 Å². The van der Waals surface area contributed by atoms with Crippen molar-refractivity contribution in [3.05, 3.63) is 0 Å². The Bertz CT molecular complexity index is 361. The summed E-state index contributed by atoms with van der Waals surface area (Å²) in [5.41, 5.74) is 0. The lowest BCUT2D eigenvalue weighted by Gasteiger charge is -2.28. The molecule has 0 aromatic carbocycles. The molecule has 2 amide bonds. The number of morpholine rings is 1. The van der Waals surface area contributed by atoms with Gasteiger partial charge >= 0.3 is 0 Å². The summed E-state index contributed by atoms with van der Waals surface area (Å²) >= 11 is 1.33. The minimum Gasteiger partial charge on any atom is -0.391 e. The number of rotatable bonds is 5. The van der Waals surface area contributed by atoms with Gasteiger partial charge in [0.25, 0.3) is 0 Å². The monoisotopic (exact) mass is 316 g/mol. The van der Waals surface area contributed by atoms with Crippen molar-refractivity contribution in [2.75, 3.05) is 37.8 Å². The van der Waals surface area contributed by atoms with Gasteiger partial charge in [-0.3, -0.25) is 9.59 Å². The van der Waals surface area contributed by atoms with Gasteiger partial charge in [0.05, 0.1) is 36.9 Å². The Hall–Kier alpha value is -0.790. The number of hydrogen-bond acceptors (Lipinski definition) is 5. The molecule has 0 unspecified atom stereocenters. The van der Waals surface area contributed by atoms with E-state index in [1.54, 1.807) is 4.90 Å². The van der Waals surface area contributed by atoms with Crippen molar-refractivity contribution in [2.45, 2.75) is 37.8 Å². The van der Waals surface area contributed by atoms with Crippen LogP contribution in [-0.4, -0.2) is 71.8 Å². The smallest absolute Gasteiger partial charge is 0.232 e. The third kappa shape index (κ3) is 5.48. The molecule has 120 valence electrons. The SMILES string of the molecule is O=C(CSCC(=O)N1CCOCC1)N[C@@H]1CCCC[C@H]1O. The Kier molecular flexibility index (Phi) is 6.79. The van der Waals surface area contributed by atoms with Crippen LogP contribution in [0.3, 0.4) is 0 Å². The van der Waals surface area contributed by atoms with E-state index in [1.165, 1.54) is 11.8 Å². The standard InChI is InChI=1S/C14H24N2O4S/c17-12-4-2-1-3-11(12)15-13(18)9-21-10-14(19)16-5-7-20-8-6-16/h11-12,17H,1-10H2,(H,15,18)/t11-,12-/m1/s1. The maximum absolute atomic E-state index is 11.9. The topological polar surface area (TPSA) is 78.9 Å². The van der Waals surface area contributed by atoms with Crippen LogP contribution in [0.4, 0.5) is 0 Å². The van der Waals surface area contributed by atoms with Crippen molar-refractivity contribution in [2.24, 2.45) is 0 Å². The van der Waals surface area contributed by atoms with Crippen LogP contribution in [0, 0.1) is 0 Å². The van der Waals surface area contributed by atoms with Gasteiger partial charge in [-0.05, 0) is 12.8 Å². The molecule has 1 aliphatic heterocycles. The number of thioether (sulfide) groups is 1. The lowest BCUT2D eigenvalue weighted by atomic mass is 9.93. The highest BCUT2D eigenvalue weighted by Gasteiger charge is 2.24. The maximum Gasteiger partial charge on any atom is 0.232 e. The van der Waals surface area contributed by atoms with E-state index in [0.29, 0.717) is 32.1 Å². The number of nitrogens with one attached hydrogen (secondary N) is 1. The Morgan fingerprint density at radius 2 is 1.90 bits per heavy atom. The lowest BCUT2D eigenvalue weighted by Crippen LogP contribution is -2.46. The molecule has 1 heterocycles. The van der Waals surface area contributed by atoms with E-state index >= 15 is 0 Å². The van der Waals surface area contributed by atoms with Gasteiger partial charge in [-0.2, -0.15) is 0 Å². The Morgan fingerprint density at radius 3 is 2.62 bits per heavy atom. The van der Waals surface area contributed by atoms with Crippen LogP contribution in [0.5, 0.6) is 0 Å². The predicted molar refractivity (Wildman–Crippen MR) is 81.1 cm³/mol. The summed E-state index contributed by atoms with van der Waals surface area (Å²) in [5.74, 6) is 0.550. The highest BCUT2D eigenvalue weighted by atomic mass is 32.2. The molecule has 2 rings (SSSR count). The minimum absolute atomic E-state index is 0.0637. The average Bonchev–Trinajstić information content (AvgIpc) is 2.50. The molecule has 1 saturated carbocycles. The Balaban J connectivity index is 1.61. The summed E-state index contributed by atoms with van der Waals surface area (Å²) in [6, 6.07) is -0.123. The van der Waals surface area contributed by atoms with Crippen molar-refractivity contribution in [1.82, 2.24) is 10.2 Å². The Labute approximate surface area is 129 Å². The van der Waals surface area contributed by atoms with E-state index in [2.05, 4.69) is 5.32 Å². The highest BCUT2D eigenvalue weighted by Crippen LogP contribution is 2.18. The molecule has 1 aliphatic carbocycles. The number of aliphatic hydroxyl groups is 1. The van der Waals surface area contributed by atoms with E-state index in [1.807, 2.05) is 0 Å². The van der Waals surface area contributed by atoms with Crippen molar-refractivity contribution in [3.63, 3.8) is 0 Å². The van der Waals surface area contributed by atoms with E-state index < -0.39 is 6.10 Å². The zero-order valence-corrected chi connectivity index (χ0v) is 13.1. The van der Waals surface area contributed by atoms with Gasteiger partial charge in [0.15, 0.2) is 0 Å². The predicted octanol–water partition coefficient (Wildman–Crippen LogP) is -0.00190. The van der Waals surface area contributed by atoms with Gasteiger partial charge in [0.1, 0.15) is 0 Å². The molecule has 0 aromatic heterocycles. The molecule has 0 aromatic rings. The fraction of sp³-hybridized carbons (Fsp3) is 0.857. The van der Waals surface area contributed by atoms with Crippen molar-refractivity contribution < 1.29 is 19.4 Å². The summed E-state index contributed by atoms with van der Waals surface area (Å²) in [5, 5.41) is 12.7. The second-order valence-corrected chi connectivity index (χ2v) is 6.50. The number of aliphatic hydroxyl groups excluding tert-OH is 1. The van der Waals surface area contributed by atoms with E-state index in [-0.39, 0.29) is 23.6 Å². The molecule has 6 nitrogen and oxygen atoms in total. The van der Waals surface area contributed by atoms with Crippen molar-refractivity contribution >= 4 is 23.6 Å². The molecule has 0 bridgehead atoms. The van der Waals surface area contributed by atoms with E-state index in [0.717, 1.165) is 25.7 Å². The summed E-state index contributed by atoms with van der Waals surface area (Å²) in [6.45, 7) is 2.46. The average molecular weight is 316 g/mol. The van der Waals surface area contributed by atoms with Crippen molar-refractivity contribution in [3.8, 4) is 0 Å². The van der Waals surface area contributed by atoms with Crippen LogP contribution >= 0.6 is 11.8 Å². The first-order valence-corrected chi connectivity index (χ1v) is 8.73. The zero-order chi connectivity index (χ0) is 15.1. The van der Waals surface area contributed by atoms with Crippen LogP contribution in [0.25, 0.3) is 0 Å². The molecule has 0 spiro atoms. The zero-order valence-electron chi connectivity index (χ0n) is 12.3. The first-order chi connectivity index (χ1) is 10.2. The number of nitrogens with zero attached hydrogens (tertiary/aromatic N) is 1. The van der Waals surface area contributed by atoms with E-state index in [9.17, 15) is 14.7 Å². The number of ether oxygens (including phenoxy) is 1. The summed E-state index contributed by atoms with van der Waals surface area (Å²) < 4.78 is 5.20. The summed E-state index contributed by atoms with van der Waals surface area (Å²) in [7, 11) is 0. The molecule has 2 aliphatic rings. The molecule has 2 atom stereocenters.